The summed E-state index contributed by atoms with van der Waals surface area (Å²) in [5.41, 5.74) is 8.41. The molecule has 14 nitrogen and oxygen atoms in total. The second-order valence-corrected chi connectivity index (χ2v) is 15.9. The average molecular weight is 788 g/mol. The van der Waals surface area contributed by atoms with E-state index >= 15 is 8.78 Å². The molecule has 5 aromatic rings. The fourth-order valence-corrected chi connectivity index (χ4v) is 9.56. The molecule has 6 atom stereocenters. The third kappa shape index (κ3) is 6.04. The van der Waals surface area contributed by atoms with Crippen LogP contribution in [0.15, 0.2) is 73.1 Å². The number of carbonyl (C=O) groups excluding carboxylic acids is 4. The van der Waals surface area contributed by atoms with Crippen molar-refractivity contribution < 1.29 is 32.7 Å². The lowest BCUT2D eigenvalue weighted by Gasteiger charge is -2.58. The Balaban J connectivity index is 0.800. The molecule has 2 bridgehead atoms. The highest BCUT2D eigenvalue weighted by molar-refractivity contribution is 6.23. The van der Waals surface area contributed by atoms with Gasteiger partial charge < -0.3 is 15.4 Å². The van der Waals surface area contributed by atoms with Gasteiger partial charge in [0.1, 0.15) is 47.4 Å². The number of para-hydroxylation sites is 1. The van der Waals surface area contributed by atoms with E-state index in [1.54, 1.807) is 4.68 Å². The largest absolute Gasteiger partial charge is 0.457 e. The van der Waals surface area contributed by atoms with Crippen molar-refractivity contribution in [3.05, 3.63) is 90.0 Å². The maximum absolute atomic E-state index is 16.3. The Kier molecular flexibility index (Phi) is 8.69. The van der Waals surface area contributed by atoms with Crippen molar-refractivity contribution in [1.82, 2.24) is 34.9 Å². The summed E-state index contributed by atoms with van der Waals surface area (Å²) >= 11 is 0. The number of halogens is 2. The minimum atomic E-state index is -1.18. The summed E-state index contributed by atoms with van der Waals surface area (Å²) in [4.78, 5) is 64.6. The summed E-state index contributed by atoms with van der Waals surface area (Å²) in [5.74, 6) is -1.45. The standard InChI is InChI=1S/C42H39F2N9O5/c43-30-14-22(6-11-32(30)53-39-36(38(45)46-21-47-39)37(49-53)23-7-9-27(10-8-23)58-26-4-2-1-3-5-26)18-51-24-15-25(51)20-50(19-24)34-17-29-28(16-31(34)44)41(56)52(42(29)57)33-12-13-35(54)48-40(33)55/h1-5,7-10,16-17,21-22,24-25,30,32-33H,6,11-15,18-20H2,(H2,45,46,47)(H,48,54,55). The number of piperidine rings is 2. The van der Waals surface area contributed by atoms with Gasteiger partial charge >= 0.3 is 0 Å². The van der Waals surface area contributed by atoms with Gasteiger partial charge in [-0.25, -0.2) is 23.4 Å². The Morgan fingerprint density at radius 1 is 0.862 bits per heavy atom. The number of fused-ring (bicyclic) bond motifs is 4. The van der Waals surface area contributed by atoms with E-state index in [0.717, 1.165) is 35.1 Å². The van der Waals surface area contributed by atoms with Gasteiger partial charge in [-0.15, -0.1) is 0 Å². The first kappa shape index (κ1) is 36.1. The first-order chi connectivity index (χ1) is 28.1. The fraction of sp³-hybridized carbons (Fsp3) is 0.357. The summed E-state index contributed by atoms with van der Waals surface area (Å²) in [7, 11) is 0. The smallest absolute Gasteiger partial charge is 0.262 e. The van der Waals surface area contributed by atoms with Crippen LogP contribution >= 0.6 is 0 Å². The molecule has 4 amide bonds. The van der Waals surface area contributed by atoms with Gasteiger partial charge in [-0.05, 0) is 86.6 Å². The van der Waals surface area contributed by atoms with Crippen molar-refractivity contribution in [2.75, 3.05) is 30.3 Å². The van der Waals surface area contributed by atoms with Gasteiger partial charge in [0.05, 0.1) is 28.2 Å². The van der Waals surface area contributed by atoms with Crippen LogP contribution in [-0.4, -0.2) is 97.1 Å². The summed E-state index contributed by atoms with van der Waals surface area (Å²) in [5, 5.41) is 7.67. The van der Waals surface area contributed by atoms with Gasteiger partial charge in [-0.3, -0.25) is 34.3 Å². The Bertz CT molecular complexity index is 2490. The first-order valence-electron chi connectivity index (χ1n) is 19.6. The van der Waals surface area contributed by atoms with Gasteiger partial charge in [-0.1, -0.05) is 18.2 Å². The monoisotopic (exact) mass is 787 g/mol. The lowest BCUT2D eigenvalue weighted by molar-refractivity contribution is -0.136. The Morgan fingerprint density at radius 3 is 2.31 bits per heavy atom. The van der Waals surface area contributed by atoms with Crippen LogP contribution in [0.3, 0.4) is 0 Å². The number of piperazine rings is 1. The number of anilines is 2. The van der Waals surface area contributed by atoms with Crippen LogP contribution < -0.4 is 20.7 Å². The number of nitrogens with zero attached hydrogens (tertiary/aromatic N) is 7. The summed E-state index contributed by atoms with van der Waals surface area (Å²) in [6.45, 7) is 1.75. The molecule has 6 unspecified atom stereocenters. The Labute approximate surface area is 330 Å². The van der Waals surface area contributed by atoms with Crippen molar-refractivity contribution in [2.45, 2.75) is 68.9 Å². The normalized spacial score (nSPS) is 25.8. The topological polar surface area (TPSA) is 169 Å². The van der Waals surface area contributed by atoms with E-state index in [-0.39, 0.29) is 53.5 Å². The lowest BCUT2D eigenvalue weighted by atomic mass is 9.80. The molecule has 58 heavy (non-hydrogen) atoms. The van der Waals surface area contributed by atoms with Crippen molar-refractivity contribution >= 4 is 46.2 Å². The summed E-state index contributed by atoms with van der Waals surface area (Å²) < 4.78 is 39.6. The van der Waals surface area contributed by atoms with Gasteiger partial charge in [0, 0.05) is 43.7 Å². The van der Waals surface area contributed by atoms with Gasteiger partial charge in [-0.2, -0.15) is 5.10 Å². The van der Waals surface area contributed by atoms with Crippen LogP contribution in [0.2, 0.25) is 0 Å². The van der Waals surface area contributed by atoms with E-state index in [9.17, 15) is 19.2 Å². The quantitative estimate of drug-likeness (QED) is 0.202. The van der Waals surface area contributed by atoms with Crippen molar-refractivity contribution in [3.8, 4) is 22.8 Å². The number of alkyl halides is 1. The molecule has 6 aliphatic rings. The molecule has 1 aliphatic carbocycles. The highest BCUT2D eigenvalue weighted by Crippen LogP contribution is 2.43. The van der Waals surface area contributed by atoms with Crippen LogP contribution in [0.4, 0.5) is 20.3 Å². The summed E-state index contributed by atoms with van der Waals surface area (Å²) in [6, 6.07) is 18.1. The lowest BCUT2D eigenvalue weighted by Crippen LogP contribution is -2.69. The number of nitrogen functional groups attached to an aromatic ring is 1. The number of aromatic nitrogens is 4. The zero-order valence-corrected chi connectivity index (χ0v) is 31.3. The van der Waals surface area contributed by atoms with Gasteiger partial charge in [0.15, 0.2) is 5.65 Å². The van der Waals surface area contributed by atoms with Crippen molar-refractivity contribution in [1.29, 1.82) is 0 Å². The number of nitrogens with one attached hydrogen (secondary N) is 1. The number of ether oxygens (including phenoxy) is 1. The number of rotatable bonds is 8. The molecule has 1 saturated carbocycles. The van der Waals surface area contributed by atoms with E-state index in [4.69, 9.17) is 15.6 Å². The molecule has 7 heterocycles. The number of carbonyl (C=O) groups is 4. The highest BCUT2D eigenvalue weighted by Gasteiger charge is 2.49. The molecular formula is C42H39F2N9O5. The molecule has 4 saturated heterocycles. The molecule has 0 spiro atoms. The van der Waals surface area contributed by atoms with Crippen LogP contribution in [0.1, 0.15) is 65.3 Å². The molecule has 3 N–H and O–H groups in total. The van der Waals surface area contributed by atoms with Crippen LogP contribution in [0.25, 0.3) is 22.3 Å². The van der Waals surface area contributed by atoms with Crippen LogP contribution in [-0.2, 0) is 9.59 Å². The van der Waals surface area contributed by atoms with E-state index in [2.05, 4.69) is 20.2 Å². The zero-order chi connectivity index (χ0) is 39.8. The van der Waals surface area contributed by atoms with Crippen molar-refractivity contribution in [3.63, 3.8) is 0 Å². The average Bonchev–Trinajstić information content (AvgIpc) is 3.72. The molecule has 16 heteroatoms. The molecule has 0 radical (unpaired) electrons. The van der Waals surface area contributed by atoms with Crippen LogP contribution in [0.5, 0.6) is 11.5 Å². The predicted molar refractivity (Wildman–Crippen MR) is 207 cm³/mol. The maximum atomic E-state index is 16.3. The van der Waals surface area contributed by atoms with Gasteiger partial charge in [0.25, 0.3) is 11.8 Å². The third-order valence-electron chi connectivity index (χ3n) is 12.4. The minimum absolute atomic E-state index is 0.000184. The molecule has 5 fully saturated rings. The number of hydrogen-bond donors (Lipinski definition) is 2. The third-order valence-corrected chi connectivity index (χ3v) is 12.4. The predicted octanol–water partition coefficient (Wildman–Crippen LogP) is 5.05. The second-order valence-electron chi connectivity index (χ2n) is 15.9. The molecule has 5 aliphatic heterocycles. The SMILES string of the molecule is Nc1ncnc2c1c(-c1ccc(Oc3ccccc3)cc1)nn2C1CCC(CN2C3CC2CN(c2cc4c(cc2F)C(=O)N(C2CCC(=O)NC2=O)C4=O)C3)CC1F. The van der Waals surface area contributed by atoms with E-state index in [0.29, 0.717) is 55.0 Å². The van der Waals surface area contributed by atoms with Crippen LogP contribution in [0, 0.1) is 11.7 Å². The highest BCUT2D eigenvalue weighted by atomic mass is 19.1. The zero-order valence-electron chi connectivity index (χ0n) is 31.3. The van der Waals surface area contributed by atoms with E-state index in [1.807, 2.05) is 59.5 Å². The minimum Gasteiger partial charge on any atom is -0.457 e. The van der Waals surface area contributed by atoms with E-state index < -0.39 is 47.7 Å². The number of nitrogens with two attached hydrogens (primary N) is 1. The number of hydrogen-bond acceptors (Lipinski definition) is 11. The molecule has 2 aromatic heterocycles. The summed E-state index contributed by atoms with van der Waals surface area (Å²) in [6.07, 6.45) is 2.86. The van der Waals surface area contributed by atoms with Gasteiger partial charge in [0.2, 0.25) is 11.8 Å². The second kappa shape index (κ2) is 14.0. The Hall–Kier alpha value is -6.29. The first-order valence-corrected chi connectivity index (χ1v) is 19.6. The number of benzene rings is 3. The molecular weight excluding hydrogens is 749 g/mol. The molecule has 296 valence electrons. The number of imide groups is 2. The molecule has 3 aromatic carbocycles. The Morgan fingerprint density at radius 2 is 1.59 bits per heavy atom. The maximum Gasteiger partial charge on any atom is 0.262 e. The molecule has 11 rings (SSSR count). The van der Waals surface area contributed by atoms with Crippen molar-refractivity contribution in [2.24, 2.45) is 5.92 Å². The number of amides is 4. The van der Waals surface area contributed by atoms with E-state index in [1.165, 1.54) is 12.4 Å². The fourth-order valence-electron chi connectivity index (χ4n) is 9.56.